The van der Waals surface area contributed by atoms with Crippen LogP contribution in [0, 0.1) is 0 Å². The van der Waals surface area contributed by atoms with Crippen molar-refractivity contribution in [2.75, 3.05) is 19.4 Å². The number of benzene rings is 1. The van der Waals surface area contributed by atoms with Gasteiger partial charge in [-0.2, -0.15) is 0 Å². The molecule has 0 saturated carbocycles. The summed E-state index contributed by atoms with van der Waals surface area (Å²) in [5, 5.41) is 5.57. The monoisotopic (exact) mass is 338 g/mol. The zero-order valence-electron chi connectivity index (χ0n) is 13.9. The summed E-state index contributed by atoms with van der Waals surface area (Å²) >= 11 is 0. The van der Waals surface area contributed by atoms with Gasteiger partial charge < -0.3 is 20.5 Å². The summed E-state index contributed by atoms with van der Waals surface area (Å²) in [6.07, 6.45) is 3.12. The van der Waals surface area contributed by atoms with Crippen molar-refractivity contribution in [3.05, 3.63) is 54.1 Å². The van der Waals surface area contributed by atoms with Gasteiger partial charge >= 0.3 is 6.03 Å². The molecule has 0 fully saturated rings. The first kappa shape index (κ1) is 16.4. The van der Waals surface area contributed by atoms with E-state index in [9.17, 15) is 9.59 Å². The molecule has 3 aromatic rings. The van der Waals surface area contributed by atoms with E-state index in [1.54, 1.807) is 44.8 Å². The number of urea groups is 1. The van der Waals surface area contributed by atoms with Crippen LogP contribution in [0.5, 0.6) is 0 Å². The van der Waals surface area contributed by atoms with Crippen LogP contribution >= 0.6 is 0 Å². The molecule has 128 valence electrons. The van der Waals surface area contributed by atoms with E-state index >= 15 is 0 Å². The van der Waals surface area contributed by atoms with Gasteiger partial charge in [0.25, 0.3) is 5.91 Å². The third kappa shape index (κ3) is 3.74. The Bertz CT molecular complexity index is 918. The number of anilines is 1. The molecule has 0 unspecified atom stereocenters. The summed E-state index contributed by atoms with van der Waals surface area (Å²) in [7, 11) is 3.31. The predicted molar refractivity (Wildman–Crippen MR) is 94.2 cm³/mol. The predicted octanol–water partition coefficient (Wildman–Crippen LogP) is 1.98. The minimum absolute atomic E-state index is 0.220. The first-order chi connectivity index (χ1) is 12.0. The summed E-state index contributed by atoms with van der Waals surface area (Å²) < 4.78 is 0. The lowest BCUT2D eigenvalue weighted by atomic mass is 10.2. The summed E-state index contributed by atoms with van der Waals surface area (Å²) in [5.41, 5.74) is 3.23. The van der Waals surface area contributed by atoms with Gasteiger partial charge in [-0.3, -0.25) is 9.78 Å². The Hall–Kier alpha value is -3.42. The molecule has 0 aliphatic rings. The second kappa shape index (κ2) is 7.00. The molecule has 3 amide bonds. The van der Waals surface area contributed by atoms with Crippen LogP contribution in [0.15, 0.2) is 42.9 Å². The Morgan fingerprint density at radius 3 is 2.84 bits per heavy atom. The van der Waals surface area contributed by atoms with Crippen molar-refractivity contribution in [3.8, 4) is 0 Å². The van der Waals surface area contributed by atoms with Crippen LogP contribution in [0.1, 0.15) is 16.1 Å². The van der Waals surface area contributed by atoms with E-state index in [-0.39, 0.29) is 18.5 Å². The van der Waals surface area contributed by atoms with Gasteiger partial charge in [-0.15, -0.1) is 0 Å². The molecular formula is C17H18N6O2. The number of para-hydroxylation sites is 1. The van der Waals surface area contributed by atoms with Crippen molar-refractivity contribution in [2.45, 2.75) is 6.54 Å². The Morgan fingerprint density at radius 1 is 1.20 bits per heavy atom. The standard InChI is InChI=1S/C17H18N6O2/c1-23(2)17(25)19-9-12-8-11(6-7-18-12)16(24)22-14-5-3-4-13-15(14)21-10-20-13/h3-8,10H,9H2,1-2H3,(H,19,25)(H,20,21)(H,22,24). The van der Waals surface area contributed by atoms with Crippen LogP contribution < -0.4 is 10.6 Å². The normalized spacial score (nSPS) is 10.5. The molecule has 0 spiro atoms. The van der Waals surface area contributed by atoms with E-state index in [0.29, 0.717) is 22.5 Å². The molecule has 2 aromatic heterocycles. The average Bonchev–Trinajstić information content (AvgIpc) is 3.09. The smallest absolute Gasteiger partial charge is 0.317 e. The van der Waals surface area contributed by atoms with Crippen molar-refractivity contribution in [3.63, 3.8) is 0 Å². The van der Waals surface area contributed by atoms with Gasteiger partial charge in [0, 0.05) is 25.9 Å². The molecule has 8 heteroatoms. The highest BCUT2D eigenvalue weighted by Gasteiger charge is 2.11. The Kier molecular flexibility index (Phi) is 4.60. The molecular weight excluding hydrogens is 320 g/mol. The average molecular weight is 338 g/mol. The first-order valence-corrected chi connectivity index (χ1v) is 7.68. The quantitative estimate of drug-likeness (QED) is 0.677. The topological polar surface area (TPSA) is 103 Å². The van der Waals surface area contributed by atoms with Crippen molar-refractivity contribution < 1.29 is 9.59 Å². The minimum Gasteiger partial charge on any atom is -0.345 e. The third-order valence-electron chi connectivity index (χ3n) is 3.60. The molecule has 2 heterocycles. The van der Waals surface area contributed by atoms with Gasteiger partial charge in [-0.25, -0.2) is 9.78 Å². The van der Waals surface area contributed by atoms with E-state index in [2.05, 4.69) is 25.6 Å². The van der Waals surface area contributed by atoms with Gasteiger partial charge in [0.2, 0.25) is 0 Å². The lowest BCUT2D eigenvalue weighted by molar-refractivity contribution is 0.102. The number of hydrogen-bond donors (Lipinski definition) is 3. The largest absolute Gasteiger partial charge is 0.345 e. The van der Waals surface area contributed by atoms with E-state index in [1.165, 1.54) is 4.90 Å². The number of fused-ring (bicyclic) bond motifs is 1. The summed E-state index contributed by atoms with van der Waals surface area (Å²) in [6, 6.07) is 8.57. The zero-order valence-corrected chi connectivity index (χ0v) is 13.9. The van der Waals surface area contributed by atoms with Gasteiger partial charge in [-0.05, 0) is 24.3 Å². The van der Waals surface area contributed by atoms with Gasteiger partial charge in [0.15, 0.2) is 0 Å². The van der Waals surface area contributed by atoms with Crippen LogP contribution in [0.4, 0.5) is 10.5 Å². The highest BCUT2D eigenvalue weighted by Crippen LogP contribution is 2.20. The summed E-state index contributed by atoms with van der Waals surface area (Å²) in [4.78, 5) is 36.9. The van der Waals surface area contributed by atoms with E-state index in [4.69, 9.17) is 0 Å². The number of carbonyl (C=O) groups excluding carboxylic acids is 2. The first-order valence-electron chi connectivity index (χ1n) is 7.68. The fourth-order valence-corrected chi connectivity index (χ4v) is 2.30. The molecule has 25 heavy (non-hydrogen) atoms. The van der Waals surface area contributed by atoms with E-state index < -0.39 is 0 Å². The molecule has 0 aliphatic heterocycles. The second-order valence-electron chi connectivity index (χ2n) is 5.65. The molecule has 0 atom stereocenters. The van der Waals surface area contributed by atoms with Crippen molar-refractivity contribution in [1.29, 1.82) is 0 Å². The fraction of sp³-hybridized carbons (Fsp3) is 0.176. The molecule has 3 rings (SSSR count). The number of carbonyl (C=O) groups is 2. The maximum Gasteiger partial charge on any atom is 0.317 e. The lowest BCUT2D eigenvalue weighted by Crippen LogP contribution is -2.34. The molecule has 0 saturated heterocycles. The Balaban J connectivity index is 1.73. The number of imidazole rings is 1. The third-order valence-corrected chi connectivity index (χ3v) is 3.60. The summed E-state index contributed by atoms with van der Waals surface area (Å²) in [5.74, 6) is -0.266. The lowest BCUT2D eigenvalue weighted by Gasteiger charge is -2.12. The van der Waals surface area contributed by atoms with E-state index in [0.717, 1.165) is 5.52 Å². The Labute approximate surface area is 144 Å². The number of rotatable bonds is 4. The number of H-pyrrole nitrogens is 1. The number of aromatic amines is 1. The fourth-order valence-electron chi connectivity index (χ4n) is 2.30. The highest BCUT2D eigenvalue weighted by molar-refractivity contribution is 6.07. The number of nitrogens with one attached hydrogen (secondary N) is 3. The van der Waals surface area contributed by atoms with E-state index in [1.807, 2.05) is 12.1 Å². The Morgan fingerprint density at radius 2 is 2.04 bits per heavy atom. The molecule has 0 bridgehead atoms. The van der Waals surface area contributed by atoms with Crippen LogP contribution in [0.25, 0.3) is 11.0 Å². The molecule has 3 N–H and O–H groups in total. The van der Waals surface area contributed by atoms with Gasteiger partial charge in [0.1, 0.15) is 5.52 Å². The van der Waals surface area contributed by atoms with Crippen LogP contribution in [0.3, 0.4) is 0 Å². The molecule has 1 aromatic carbocycles. The maximum absolute atomic E-state index is 12.5. The highest BCUT2D eigenvalue weighted by atomic mass is 16.2. The molecule has 0 aliphatic carbocycles. The molecule has 0 radical (unpaired) electrons. The van der Waals surface area contributed by atoms with Crippen LogP contribution in [-0.2, 0) is 6.54 Å². The van der Waals surface area contributed by atoms with Gasteiger partial charge in [0.05, 0.1) is 29.8 Å². The number of hydrogen-bond acceptors (Lipinski definition) is 4. The van der Waals surface area contributed by atoms with Crippen LogP contribution in [0.2, 0.25) is 0 Å². The van der Waals surface area contributed by atoms with Gasteiger partial charge in [-0.1, -0.05) is 6.07 Å². The van der Waals surface area contributed by atoms with Crippen molar-refractivity contribution in [2.24, 2.45) is 0 Å². The molecule has 8 nitrogen and oxygen atoms in total. The van der Waals surface area contributed by atoms with Crippen LogP contribution in [-0.4, -0.2) is 45.9 Å². The number of amides is 3. The second-order valence-corrected chi connectivity index (χ2v) is 5.65. The zero-order chi connectivity index (χ0) is 17.8. The number of nitrogens with zero attached hydrogens (tertiary/aromatic N) is 3. The van der Waals surface area contributed by atoms with Crippen molar-refractivity contribution >= 4 is 28.7 Å². The van der Waals surface area contributed by atoms with Crippen molar-refractivity contribution in [1.82, 2.24) is 25.2 Å². The summed E-state index contributed by atoms with van der Waals surface area (Å²) in [6.45, 7) is 0.243. The maximum atomic E-state index is 12.5. The number of aromatic nitrogens is 3. The minimum atomic E-state index is -0.266. The number of pyridine rings is 1. The SMILES string of the molecule is CN(C)C(=O)NCc1cc(C(=O)Nc2cccc3[nH]cnc23)ccn1.